The summed E-state index contributed by atoms with van der Waals surface area (Å²) in [7, 11) is -2.96. The Morgan fingerprint density at radius 3 is 2.50 bits per heavy atom. The van der Waals surface area contributed by atoms with Gasteiger partial charge in [0.05, 0.1) is 12.3 Å². The number of rotatable bonds is 7. The SMILES string of the molecule is CCNC(=NCc1ccc(F)cc1)NC(C)CCS(C)(=O)=O. The summed E-state index contributed by atoms with van der Waals surface area (Å²) in [5.74, 6) is 0.485. The molecule has 124 valence electrons. The van der Waals surface area contributed by atoms with Crippen molar-refractivity contribution in [3.63, 3.8) is 0 Å². The van der Waals surface area contributed by atoms with Crippen LogP contribution in [0.2, 0.25) is 0 Å². The molecule has 0 aliphatic rings. The molecule has 1 unspecified atom stereocenters. The van der Waals surface area contributed by atoms with E-state index < -0.39 is 9.84 Å². The van der Waals surface area contributed by atoms with E-state index in [-0.39, 0.29) is 17.6 Å². The highest BCUT2D eigenvalue weighted by Crippen LogP contribution is 2.04. The van der Waals surface area contributed by atoms with Crippen molar-refractivity contribution in [1.82, 2.24) is 10.6 Å². The third-order valence-corrected chi connectivity index (χ3v) is 3.96. The molecule has 0 radical (unpaired) electrons. The number of hydrogen-bond donors (Lipinski definition) is 2. The molecule has 0 fully saturated rings. The lowest BCUT2D eigenvalue weighted by molar-refractivity contribution is 0.581. The van der Waals surface area contributed by atoms with E-state index in [9.17, 15) is 12.8 Å². The van der Waals surface area contributed by atoms with Crippen molar-refractivity contribution >= 4 is 15.8 Å². The molecule has 0 aromatic heterocycles. The Balaban J connectivity index is 2.59. The minimum atomic E-state index is -2.96. The van der Waals surface area contributed by atoms with E-state index in [0.29, 0.717) is 25.5 Å². The fourth-order valence-electron chi connectivity index (χ4n) is 1.78. The molecule has 0 spiro atoms. The Morgan fingerprint density at radius 2 is 1.95 bits per heavy atom. The standard InChI is InChI=1S/C15H24FN3O2S/c1-4-17-15(19-12(2)9-10-22(3,20)21)18-11-13-5-7-14(16)8-6-13/h5-8,12H,4,9-11H2,1-3H3,(H2,17,18,19). The second-order valence-electron chi connectivity index (χ2n) is 5.29. The highest BCUT2D eigenvalue weighted by Gasteiger charge is 2.09. The van der Waals surface area contributed by atoms with Gasteiger partial charge in [-0.1, -0.05) is 12.1 Å². The molecule has 0 amide bonds. The number of guanidine groups is 1. The molecule has 5 nitrogen and oxygen atoms in total. The van der Waals surface area contributed by atoms with E-state index in [1.807, 2.05) is 13.8 Å². The molecule has 0 bridgehead atoms. The number of aliphatic imine (C=N–C) groups is 1. The van der Waals surface area contributed by atoms with E-state index in [2.05, 4.69) is 15.6 Å². The summed E-state index contributed by atoms with van der Waals surface area (Å²) in [6.07, 6.45) is 1.74. The van der Waals surface area contributed by atoms with Gasteiger partial charge in [-0.2, -0.15) is 0 Å². The van der Waals surface area contributed by atoms with Gasteiger partial charge in [-0.3, -0.25) is 0 Å². The van der Waals surface area contributed by atoms with Crippen molar-refractivity contribution in [3.05, 3.63) is 35.6 Å². The van der Waals surface area contributed by atoms with Crippen LogP contribution in [0.15, 0.2) is 29.3 Å². The van der Waals surface area contributed by atoms with Crippen molar-refractivity contribution in [1.29, 1.82) is 0 Å². The fourth-order valence-corrected chi connectivity index (χ4v) is 2.56. The van der Waals surface area contributed by atoms with E-state index in [1.165, 1.54) is 18.4 Å². The molecule has 0 aliphatic carbocycles. The van der Waals surface area contributed by atoms with Gasteiger partial charge < -0.3 is 10.6 Å². The Kier molecular flexibility index (Phi) is 7.31. The van der Waals surface area contributed by atoms with E-state index in [0.717, 1.165) is 5.56 Å². The van der Waals surface area contributed by atoms with Gasteiger partial charge >= 0.3 is 0 Å². The van der Waals surface area contributed by atoms with Crippen LogP contribution in [0.25, 0.3) is 0 Å². The van der Waals surface area contributed by atoms with Crippen molar-refractivity contribution in [2.45, 2.75) is 32.9 Å². The van der Waals surface area contributed by atoms with Gasteiger partial charge in [0.2, 0.25) is 0 Å². The summed E-state index contributed by atoms with van der Waals surface area (Å²) >= 11 is 0. The van der Waals surface area contributed by atoms with E-state index in [4.69, 9.17) is 0 Å². The molecule has 7 heteroatoms. The first kappa shape index (κ1) is 18.4. The molecule has 1 atom stereocenters. The van der Waals surface area contributed by atoms with Gasteiger partial charge in [-0.05, 0) is 38.0 Å². The van der Waals surface area contributed by atoms with Crippen LogP contribution in [0, 0.1) is 5.82 Å². The lowest BCUT2D eigenvalue weighted by Crippen LogP contribution is -2.42. The zero-order valence-corrected chi connectivity index (χ0v) is 14.1. The lowest BCUT2D eigenvalue weighted by Gasteiger charge is -2.17. The number of halogens is 1. The van der Waals surface area contributed by atoms with Crippen LogP contribution in [-0.2, 0) is 16.4 Å². The Bertz CT molecular complexity index is 585. The first-order valence-corrected chi connectivity index (χ1v) is 9.33. The van der Waals surface area contributed by atoms with Gasteiger partial charge in [-0.15, -0.1) is 0 Å². The quantitative estimate of drug-likeness (QED) is 0.590. The smallest absolute Gasteiger partial charge is 0.191 e. The van der Waals surface area contributed by atoms with Gasteiger partial charge in [-0.25, -0.2) is 17.8 Å². The molecule has 0 aliphatic heterocycles. The second kappa shape index (κ2) is 8.73. The van der Waals surface area contributed by atoms with Crippen LogP contribution < -0.4 is 10.6 Å². The first-order chi connectivity index (χ1) is 10.3. The number of nitrogens with one attached hydrogen (secondary N) is 2. The van der Waals surface area contributed by atoms with Crippen molar-refractivity contribution < 1.29 is 12.8 Å². The molecular formula is C15H24FN3O2S. The number of nitrogens with zero attached hydrogens (tertiary/aromatic N) is 1. The minimum absolute atomic E-state index is 0.0132. The van der Waals surface area contributed by atoms with Gasteiger partial charge in [0.15, 0.2) is 5.96 Å². The summed E-state index contributed by atoms with van der Waals surface area (Å²) in [6.45, 7) is 4.99. The van der Waals surface area contributed by atoms with Crippen LogP contribution in [0.4, 0.5) is 4.39 Å². The average Bonchev–Trinajstić information content (AvgIpc) is 2.44. The maximum atomic E-state index is 12.8. The highest BCUT2D eigenvalue weighted by atomic mass is 32.2. The number of benzene rings is 1. The molecule has 0 saturated heterocycles. The Labute approximate surface area is 132 Å². The maximum absolute atomic E-state index is 12.8. The van der Waals surface area contributed by atoms with Crippen LogP contribution in [0.3, 0.4) is 0 Å². The lowest BCUT2D eigenvalue weighted by atomic mass is 10.2. The van der Waals surface area contributed by atoms with Crippen LogP contribution in [0.1, 0.15) is 25.8 Å². The highest BCUT2D eigenvalue weighted by molar-refractivity contribution is 7.90. The Hall–Kier alpha value is -1.63. The molecule has 0 heterocycles. The summed E-state index contributed by atoms with van der Waals surface area (Å²) in [5.41, 5.74) is 0.905. The third kappa shape index (κ3) is 7.97. The van der Waals surface area contributed by atoms with Crippen LogP contribution in [0.5, 0.6) is 0 Å². The summed E-state index contributed by atoms with van der Waals surface area (Å²) in [5, 5.41) is 6.28. The van der Waals surface area contributed by atoms with E-state index >= 15 is 0 Å². The first-order valence-electron chi connectivity index (χ1n) is 7.27. The largest absolute Gasteiger partial charge is 0.357 e. The van der Waals surface area contributed by atoms with Crippen LogP contribution >= 0.6 is 0 Å². The normalized spacial score (nSPS) is 13.7. The van der Waals surface area contributed by atoms with Crippen LogP contribution in [-0.4, -0.2) is 39.0 Å². The van der Waals surface area contributed by atoms with Gasteiger partial charge in [0.1, 0.15) is 15.7 Å². The summed E-state index contributed by atoms with van der Waals surface area (Å²) in [4.78, 5) is 4.42. The van der Waals surface area contributed by atoms with Crippen molar-refractivity contribution in [2.75, 3.05) is 18.6 Å². The minimum Gasteiger partial charge on any atom is -0.357 e. The molecule has 2 N–H and O–H groups in total. The molecule has 0 saturated carbocycles. The monoisotopic (exact) mass is 329 g/mol. The van der Waals surface area contributed by atoms with Crippen molar-refractivity contribution in [3.8, 4) is 0 Å². The molecule has 1 aromatic carbocycles. The average molecular weight is 329 g/mol. The molecule has 1 rings (SSSR count). The van der Waals surface area contributed by atoms with Crippen molar-refractivity contribution in [2.24, 2.45) is 4.99 Å². The molecule has 1 aromatic rings. The predicted molar refractivity (Wildman–Crippen MR) is 88.1 cm³/mol. The third-order valence-electron chi connectivity index (χ3n) is 2.98. The van der Waals surface area contributed by atoms with Gasteiger partial charge in [0.25, 0.3) is 0 Å². The molecule has 22 heavy (non-hydrogen) atoms. The van der Waals surface area contributed by atoms with Gasteiger partial charge in [0, 0.05) is 18.8 Å². The Morgan fingerprint density at radius 1 is 1.32 bits per heavy atom. The van der Waals surface area contributed by atoms with E-state index in [1.54, 1.807) is 12.1 Å². The predicted octanol–water partition coefficient (Wildman–Crippen LogP) is 1.70. The molecular weight excluding hydrogens is 305 g/mol. The zero-order chi connectivity index (χ0) is 16.6. The fraction of sp³-hybridized carbons (Fsp3) is 0.533. The summed E-state index contributed by atoms with van der Waals surface area (Å²) < 4.78 is 35.2. The zero-order valence-electron chi connectivity index (χ0n) is 13.3. The summed E-state index contributed by atoms with van der Waals surface area (Å²) in [6, 6.07) is 6.17. The number of sulfone groups is 1. The number of hydrogen-bond acceptors (Lipinski definition) is 3. The topological polar surface area (TPSA) is 70.6 Å². The second-order valence-corrected chi connectivity index (χ2v) is 7.55. The maximum Gasteiger partial charge on any atom is 0.191 e.